The lowest BCUT2D eigenvalue weighted by molar-refractivity contribution is -0.117. The lowest BCUT2D eigenvalue weighted by atomic mass is 9.92. The van der Waals surface area contributed by atoms with E-state index >= 15 is 0 Å². The van der Waals surface area contributed by atoms with E-state index in [1.54, 1.807) is 18.3 Å². The minimum Gasteiger partial charge on any atom is -0.325 e. The van der Waals surface area contributed by atoms with Gasteiger partial charge in [0.05, 0.1) is 5.92 Å². The molecule has 3 aromatic rings. The highest BCUT2D eigenvalue weighted by molar-refractivity contribution is 5.96. The highest BCUT2D eigenvalue weighted by Crippen LogP contribution is 2.24. The summed E-state index contributed by atoms with van der Waals surface area (Å²) in [7, 11) is 0. The van der Waals surface area contributed by atoms with Crippen molar-refractivity contribution < 1.29 is 9.18 Å². The Morgan fingerprint density at radius 3 is 2.54 bits per heavy atom. The van der Waals surface area contributed by atoms with Gasteiger partial charge < -0.3 is 5.32 Å². The Balaban J connectivity index is 1.90. The van der Waals surface area contributed by atoms with Gasteiger partial charge in [0.2, 0.25) is 5.91 Å². The van der Waals surface area contributed by atoms with Crippen molar-refractivity contribution in [2.24, 2.45) is 0 Å². The molecule has 0 saturated heterocycles. The second-order valence-corrected chi connectivity index (χ2v) is 6.44. The minimum absolute atomic E-state index is 0.129. The zero-order chi connectivity index (χ0) is 18.5. The monoisotopic (exact) mass is 348 g/mol. The van der Waals surface area contributed by atoms with Crippen LogP contribution in [-0.2, 0) is 11.2 Å². The van der Waals surface area contributed by atoms with Crippen molar-refractivity contribution >= 4 is 11.6 Å². The van der Waals surface area contributed by atoms with E-state index in [1.165, 1.54) is 12.1 Å². The molecule has 1 amide bonds. The van der Waals surface area contributed by atoms with Gasteiger partial charge in [-0.2, -0.15) is 0 Å². The van der Waals surface area contributed by atoms with Crippen LogP contribution in [0.4, 0.5) is 10.1 Å². The Hall–Kier alpha value is -3.01. The number of hydrogen-bond acceptors (Lipinski definition) is 2. The van der Waals surface area contributed by atoms with Crippen molar-refractivity contribution in [3.05, 3.63) is 95.1 Å². The summed E-state index contributed by atoms with van der Waals surface area (Å²) in [5.41, 5.74) is 4.45. The topological polar surface area (TPSA) is 42.0 Å². The Bertz CT molecular complexity index is 892. The van der Waals surface area contributed by atoms with Crippen molar-refractivity contribution in [2.45, 2.75) is 26.2 Å². The van der Waals surface area contributed by atoms with Crippen LogP contribution < -0.4 is 5.32 Å². The Labute approximate surface area is 152 Å². The van der Waals surface area contributed by atoms with Crippen LogP contribution in [0.2, 0.25) is 0 Å². The highest BCUT2D eigenvalue weighted by Gasteiger charge is 2.22. The summed E-state index contributed by atoms with van der Waals surface area (Å²) in [6, 6.07) is 17.7. The van der Waals surface area contributed by atoms with Crippen molar-refractivity contribution in [1.29, 1.82) is 0 Å². The van der Waals surface area contributed by atoms with Crippen molar-refractivity contribution in [1.82, 2.24) is 4.98 Å². The van der Waals surface area contributed by atoms with Gasteiger partial charge in [0.1, 0.15) is 5.82 Å². The number of rotatable bonds is 5. The van der Waals surface area contributed by atoms with E-state index < -0.39 is 5.92 Å². The van der Waals surface area contributed by atoms with Crippen LogP contribution >= 0.6 is 0 Å². The van der Waals surface area contributed by atoms with E-state index in [1.807, 2.05) is 50.2 Å². The molecule has 132 valence electrons. The molecule has 0 bridgehead atoms. The van der Waals surface area contributed by atoms with Gasteiger partial charge in [-0.3, -0.25) is 9.78 Å². The van der Waals surface area contributed by atoms with Gasteiger partial charge in [-0.1, -0.05) is 30.3 Å². The van der Waals surface area contributed by atoms with Gasteiger partial charge in [-0.05, 0) is 60.9 Å². The van der Waals surface area contributed by atoms with E-state index in [2.05, 4.69) is 10.3 Å². The lowest BCUT2D eigenvalue weighted by Gasteiger charge is -2.18. The van der Waals surface area contributed by atoms with Crippen LogP contribution in [0, 0.1) is 19.7 Å². The molecule has 3 rings (SSSR count). The molecule has 2 aromatic carbocycles. The van der Waals surface area contributed by atoms with Gasteiger partial charge in [-0.15, -0.1) is 0 Å². The second kappa shape index (κ2) is 7.91. The highest BCUT2D eigenvalue weighted by atomic mass is 19.1. The number of hydrogen-bond donors (Lipinski definition) is 1. The van der Waals surface area contributed by atoms with E-state index in [-0.39, 0.29) is 11.7 Å². The van der Waals surface area contributed by atoms with Crippen molar-refractivity contribution in [2.75, 3.05) is 5.32 Å². The number of anilines is 1. The van der Waals surface area contributed by atoms with Crippen LogP contribution in [0.3, 0.4) is 0 Å². The molecule has 3 nitrogen and oxygen atoms in total. The standard InChI is InChI=1S/C22H21FN2O/c1-15-6-7-16(2)21(13-15)25-22(26)20(14-19-5-3-4-12-24-19)17-8-10-18(23)11-9-17/h3-13,20H,14H2,1-2H3,(H,25,26). The molecule has 4 heteroatoms. The molecule has 1 unspecified atom stereocenters. The molecule has 0 saturated carbocycles. The third-order valence-electron chi connectivity index (χ3n) is 4.38. The number of amides is 1. The number of aryl methyl sites for hydroxylation is 2. The van der Waals surface area contributed by atoms with E-state index in [4.69, 9.17) is 0 Å². The molecule has 1 heterocycles. The summed E-state index contributed by atoms with van der Waals surface area (Å²) in [5, 5.41) is 3.02. The molecule has 0 radical (unpaired) electrons. The van der Waals surface area contributed by atoms with Crippen LogP contribution in [0.15, 0.2) is 66.9 Å². The number of carbonyl (C=O) groups excluding carboxylic acids is 1. The summed E-state index contributed by atoms with van der Waals surface area (Å²) in [6.45, 7) is 3.95. The van der Waals surface area contributed by atoms with Gasteiger partial charge in [-0.25, -0.2) is 4.39 Å². The number of nitrogens with one attached hydrogen (secondary N) is 1. The van der Waals surface area contributed by atoms with Crippen LogP contribution in [0.25, 0.3) is 0 Å². The van der Waals surface area contributed by atoms with Gasteiger partial charge in [0.15, 0.2) is 0 Å². The van der Waals surface area contributed by atoms with Crippen molar-refractivity contribution in [3.8, 4) is 0 Å². The maximum atomic E-state index is 13.3. The third kappa shape index (κ3) is 4.33. The first kappa shape index (κ1) is 17.8. The number of aromatic nitrogens is 1. The first-order chi connectivity index (χ1) is 12.5. The Morgan fingerprint density at radius 2 is 1.85 bits per heavy atom. The molecule has 0 spiro atoms. The average molecular weight is 348 g/mol. The molecule has 26 heavy (non-hydrogen) atoms. The molecule has 0 aliphatic carbocycles. The largest absolute Gasteiger partial charge is 0.325 e. The predicted molar refractivity (Wildman–Crippen MR) is 102 cm³/mol. The fourth-order valence-electron chi connectivity index (χ4n) is 2.88. The van der Waals surface area contributed by atoms with E-state index in [0.29, 0.717) is 6.42 Å². The van der Waals surface area contributed by atoms with Gasteiger partial charge >= 0.3 is 0 Å². The zero-order valence-electron chi connectivity index (χ0n) is 14.9. The summed E-state index contributed by atoms with van der Waals surface area (Å²) in [5.74, 6) is -0.901. The second-order valence-electron chi connectivity index (χ2n) is 6.44. The molecule has 0 aliphatic rings. The molecule has 1 N–H and O–H groups in total. The van der Waals surface area contributed by atoms with E-state index in [9.17, 15) is 9.18 Å². The molecule has 1 aromatic heterocycles. The zero-order valence-corrected chi connectivity index (χ0v) is 14.9. The molecule has 0 fully saturated rings. The molecular weight excluding hydrogens is 327 g/mol. The quantitative estimate of drug-likeness (QED) is 0.719. The average Bonchev–Trinajstić information content (AvgIpc) is 2.64. The summed E-state index contributed by atoms with van der Waals surface area (Å²) in [6.07, 6.45) is 2.16. The number of nitrogens with zero attached hydrogens (tertiary/aromatic N) is 1. The first-order valence-corrected chi connectivity index (χ1v) is 8.56. The van der Waals surface area contributed by atoms with Crippen molar-refractivity contribution in [3.63, 3.8) is 0 Å². The van der Waals surface area contributed by atoms with Crippen LogP contribution in [-0.4, -0.2) is 10.9 Å². The number of halogens is 1. The smallest absolute Gasteiger partial charge is 0.232 e. The molecular formula is C22H21FN2O. The predicted octanol–water partition coefficient (Wildman–Crippen LogP) is 4.80. The summed E-state index contributed by atoms with van der Waals surface area (Å²) < 4.78 is 13.3. The summed E-state index contributed by atoms with van der Waals surface area (Å²) >= 11 is 0. The lowest BCUT2D eigenvalue weighted by Crippen LogP contribution is -2.24. The number of pyridine rings is 1. The maximum Gasteiger partial charge on any atom is 0.232 e. The fraction of sp³-hybridized carbons (Fsp3) is 0.182. The van der Waals surface area contributed by atoms with Crippen LogP contribution in [0.1, 0.15) is 28.3 Å². The van der Waals surface area contributed by atoms with Gasteiger partial charge in [0.25, 0.3) is 0 Å². The number of carbonyl (C=O) groups is 1. The van der Waals surface area contributed by atoms with Crippen LogP contribution in [0.5, 0.6) is 0 Å². The van der Waals surface area contributed by atoms with Gasteiger partial charge in [0, 0.05) is 24.0 Å². The SMILES string of the molecule is Cc1ccc(C)c(NC(=O)C(Cc2ccccn2)c2ccc(F)cc2)c1. The fourth-order valence-corrected chi connectivity index (χ4v) is 2.88. The molecule has 0 aliphatic heterocycles. The molecule has 1 atom stereocenters. The summed E-state index contributed by atoms with van der Waals surface area (Å²) in [4.78, 5) is 17.4. The number of benzene rings is 2. The maximum absolute atomic E-state index is 13.3. The normalized spacial score (nSPS) is 11.8. The Kier molecular flexibility index (Phi) is 5.42. The third-order valence-corrected chi connectivity index (χ3v) is 4.38. The first-order valence-electron chi connectivity index (χ1n) is 8.56. The minimum atomic E-state index is -0.453. The van der Waals surface area contributed by atoms with E-state index in [0.717, 1.165) is 28.1 Å². The Morgan fingerprint density at radius 1 is 1.08 bits per heavy atom.